The molecule has 0 amide bonds. The van der Waals surface area contributed by atoms with Crippen LogP contribution in [0.2, 0.25) is 5.02 Å². The highest BCUT2D eigenvalue weighted by molar-refractivity contribution is 6.31. The average molecular weight is 560 g/mol. The molecule has 0 aromatic carbocycles. The quantitative estimate of drug-likeness (QED) is 0.245. The van der Waals surface area contributed by atoms with Crippen molar-refractivity contribution in [2.24, 2.45) is 0 Å². The second-order valence-electron chi connectivity index (χ2n) is 9.80. The molecule has 4 heterocycles. The van der Waals surface area contributed by atoms with Crippen molar-refractivity contribution < 1.29 is 24.8 Å². The van der Waals surface area contributed by atoms with E-state index in [2.05, 4.69) is 25.1 Å². The zero-order valence-corrected chi connectivity index (χ0v) is 22.5. The Labute approximate surface area is 227 Å². The minimum atomic E-state index is -3.25. The van der Waals surface area contributed by atoms with E-state index < -0.39 is 23.1 Å². The van der Waals surface area contributed by atoms with Gasteiger partial charge in [0.1, 0.15) is 16.3 Å². The summed E-state index contributed by atoms with van der Waals surface area (Å²) in [6, 6.07) is 3.11. The Balaban J connectivity index is 1.77. The van der Waals surface area contributed by atoms with Crippen molar-refractivity contribution in [2.45, 2.75) is 58.7 Å². The maximum atomic E-state index is 16.0. The highest BCUT2D eigenvalue weighted by atomic mass is 35.5. The van der Waals surface area contributed by atoms with Crippen molar-refractivity contribution in [2.75, 3.05) is 0 Å². The van der Waals surface area contributed by atoms with Crippen molar-refractivity contribution >= 4 is 11.6 Å². The van der Waals surface area contributed by atoms with E-state index in [-0.39, 0.29) is 40.3 Å². The smallest absolute Gasteiger partial charge is 0.382 e. The summed E-state index contributed by atoms with van der Waals surface area (Å²) in [6.45, 7) is 8.04. The molecule has 206 valence electrons. The lowest BCUT2D eigenvalue weighted by molar-refractivity contribution is -0.387. The monoisotopic (exact) mass is 559 g/mol. The molecule has 0 aliphatic carbocycles. The minimum absolute atomic E-state index is 0.0415. The Bertz CT molecular complexity index is 1610. The molecule has 4 rings (SSSR count). The first kappa shape index (κ1) is 28.4. The van der Waals surface area contributed by atoms with Crippen LogP contribution in [0, 0.1) is 19.7 Å². The van der Waals surface area contributed by atoms with Gasteiger partial charge in [0.2, 0.25) is 0 Å². The molecule has 1 unspecified atom stereocenters. The van der Waals surface area contributed by atoms with Gasteiger partial charge in [-0.15, -0.1) is 0 Å². The lowest BCUT2D eigenvalue weighted by Crippen LogP contribution is -2.34. The fourth-order valence-corrected chi connectivity index (χ4v) is 4.46. The lowest BCUT2D eigenvalue weighted by Gasteiger charge is -2.20. The first-order valence-corrected chi connectivity index (χ1v) is 12.2. The van der Waals surface area contributed by atoms with Crippen molar-refractivity contribution in [3.05, 3.63) is 80.3 Å². The third-order valence-electron chi connectivity index (χ3n) is 6.06. The van der Waals surface area contributed by atoms with Crippen LogP contribution >= 0.6 is 11.6 Å². The van der Waals surface area contributed by atoms with Crippen LogP contribution in [-0.4, -0.2) is 54.9 Å². The van der Waals surface area contributed by atoms with E-state index >= 15 is 4.39 Å². The van der Waals surface area contributed by atoms with Crippen molar-refractivity contribution in [1.82, 2.24) is 34.5 Å². The molecule has 0 saturated carbocycles. The molecule has 14 heteroatoms. The zero-order valence-electron chi connectivity index (χ0n) is 21.8. The summed E-state index contributed by atoms with van der Waals surface area (Å²) in [5.74, 6) is -1.09. The Kier molecular flexibility index (Phi) is 7.40. The van der Waals surface area contributed by atoms with Gasteiger partial charge in [-0.3, -0.25) is 14.3 Å². The van der Waals surface area contributed by atoms with Crippen LogP contribution in [0.15, 0.2) is 35.5 Å². The number of nitrogens with zero attached hydrogens (tertiary/aromatic N) is 7. The Hall–Kier alpha value is -3.62. The average Bonchev–Trinajstić information content (AvgIpc) is 3.32. The molecule has 0 spiro atoms. The number of aryl methyl sites for hydroxylation is 2. The predicted molar refractivity (Wildman–Crippen MR) is 137 cm³/mol. The molecule has 4 aromatic heterocycles. The van der Waals surface area contributed by atoms with Crippen molar-refractivity contribution in [3.8, 4) is 17.1 Å². The van der Waals surface area contributed by atoms with E-state index in [1.54, 1.807) is 26.8 Å². The molecule has 0 aliphatic rings. The molecule has 39 heavy (non-hydrogen) atoms. The summed E-state index contributed by atoms with van der Waals surface area (Å²) < 4.78 is 17.2. The Morgan fingerprint density at radius 1 is 1.13 bits per heavy atom. The van der Waals surface area contributed by atoms with E-state index in [1.807, 2.05) is 0 Å². The summed E-state index contributed by atoms with van der Waals surface area (Å²) in [4.78, 5) is 26.3. The van der Waals surface area contributed by atoms with Crippen molar-refractivity contribution in [1.29, 1.82) is 0 Å². The van der Waals surface area contributed by atoms with Gasteiger partial charge in [-0.05, 0) is 63.3 Å². The van der Waals surface area contributed by atoms with E-state index in [1.165, 1.54) is 43.1 Å². The van der Waals surface area contributed by atoms with Gasteiger partial charge < -0.3 is 20.4 Å². The molecular formula is C25H27ClFN7O5. The van der Waals surface area contributed by atoms with Gasteiger partial charge >= 0.3 is 6.10 Å². The summed E-state index contributed by atoms with van der Waals surface area (Å²) in [7, 11) is 0. The summed E-state index contributed by atoms with van der Waals surface area (Å²) in [6.07, 6.45) is 0.999. The molecule has 0 aliphatic heterocycles. The van der Waals surface area contributed by atoms with Gasteiger partial charge in [0.15, 0.2) is 11.6 Å². The number of pyridine rings is 2. The van der Waals surface area contributed by atoms with E-state index in [4.69, 9.17) is 11.6 Å². The van der Waals surface area contributed by atoms with Gasteiger partial charge in [-0.25, -0.2) is 14.4 Å². The SMILES string of the molecule is Cc1cnc(-c2ccnc(C(C)(C)O)n2)c(F)c1-n1c(C)cc(C(C)Cc2cnn(C(O)(O)O)n2)c(Cl)c1=O. The van der Waals surface area contributed by atoms with Crippen LogP contribution in [0.25, 0.3) is 17.1 Å². The molecule has 0 radical (unpaired) electrons. The second kappa shape index (κ2) is 10.2. The molecule has 4 aromatic rings. The molecule has 4 N–H and O–H groups in total. The number of rotatable bonds is 7. The number of aliphatic hydroxyl groups is 4. The Morgan fingerprint density at radius 3 is 2.44 bits per heavy atom. The van der Waals surface area contributed by atoms with E-state index in [0.717, 1.165) is 0 Å². The zero-order chi connectivity index (χ0) is 28.9. The number of hydrogen-bond acceptors (Lipinski definition) is 10. The fourth-order valence-electron chi connectivity index (χ4n) is 4.13. The van der Waals surface area contributed by atoms with Crippen LogP contribution in [0.3, 0.4) is 0 Å². The maximum absolute atomic E-state index is 16.0. The van der Waals surface area contributed by atoms with Crippen LogP contribution in [-0.2, 0) is 18.1 Å². The summed E-state index contributed by atoms with van der Waals surface area (Å²) in [5, 5.41) is 45.2. The number of hydrogen-bond donors (Lipinski definition) is 4. The minimum Gasteiger partial charge on any atom is -0.382 e. The van der Waals surface area contributed by atoms with Crippen LogP contribution in [0.5, 0.6) is 0 Å². The van der Waals surface area contributed by atoms with Gasteiger partial charge in [0, 0.05) is 18.1 Å². The molecular weight excluding hydrogens is 533 g/mol. The number of aromatic nitrogens is 7. The molecule has 1 atom stereocenters. The third-order valence-corrected chi connectivity index (χ3v) is 6.44. The highest BCUT2D eigenvalue weighted by Gasteiger charge is 2.27. The Morgan fingerprint density at radius 2 is 1.82 bits per heavy atom. The van der Waals surface area contributed by atoms with Crippen LogP contribution in [0.4, 0.5) is 4.39 Å². The van der Waals surface area contributed by atoms with Crippen molar-refractivity contribution in [3.63, 3.8) is 0 Å². The number of halogens is 2. The fraction of sp³-hybridized carbons (Fsp3) is 0.360. The third kappa shape index (κ3) is 5.58. The van der Waals surface area contributed by atoms with E-state index in [9.17, 15) is 25.2 Å². The highest BCUT2D eigenvalue weighted by Crippen LogP contribution is 2.30. The summed E-state index contributed by atoms with van der Waals surface area (Å²) in [5.41, 5.74) is -0.501. The van der Waals surface area contributed by atoms with E-state index in [0.29, 0.717) is 27.3 Å². The van der Waals surface area contributed by atoms with Gasteiger partial charge in [-0.2, -0.15) is 10.2 Å². The molecule has 0 fully saturated rings. The molecule has 12 nitrogen and oxygen atoms in total. The first-order valence-electron chi connectivity index (χ1n) is 11.8. The first-order chi connectivity index (χ1) is 18.1. The lowest BCUT2D eigenvalue weighted by atomic mass is 9.96. The molecule has 0 bridgehead atoms. The topological polar surface area (TPSA) is 172 Å². The van der Waals surface area contributed by atoms with Crippen LogP contribution in [0.1, 0.15) is 55.0 Å². The second-order valence-corrected chi connectivity index (χ2v) is 10.2. The van der Waals surface area contributed by atoms with Gasteiger partial charge in [0.25, 0.3) is 5.56 Å². The van der Waals surface area contributed by atoms with Gasteiger partial charge in [-0.1, -0.05) is 23.3 Å². The summed E-state index contributed by atoms with van der Waals surface area (Å²) >= 11 is 6.51. The largest absolute Gasteiger partial charge is 0.405 e. The predicted octanol–water partition coefficient (Wildman–Crippen LogP) is 1.81. The van der Waals surface area contributed by atoms with Crippen LogP contribution < -0.4 is 5.56 Å². The molecule has 0 saturated heterocycles. The van der Waals surface area contributed by atoms with Gasteiger partial charge in [0.05, 0.1) is 23.3 Å². The standard InChI is InChI=1S/C25H27ClFN7O5/c1-12(8-15-11-30-34(32-15)25(37,38)39)16-9-14(3)33(22(35)18(16)26)21-13(2)10-29-20(19(21)27)17-6-7-28-23(31-17)24(4,5)36/h6-7,9-12,36-39H,8H2,1-5H3. The maximum Gasteiger partial charge on any atom is 0.405 e. The normalized spacial score (nSPS) is 13.1.